The average Bonchev–Trinajstić information content (AvgIpc) is 2.84. The predicted octanol–water partition coefficient (Wildman–Crippen LogP) is 1.87. The van der Waals surface area contributed by atoms with Crippen molar-refractivity contribution in [2.75, 3.05) is 25.9 Å². The van der Waals surface area contributed by atoms with Gasteiger partial charge in [-0.05, 0) is 39.2 Å². The number of rotatable bonds is 4. The lowest BCUT2D eigenvalue weighted by atomic mass is 10.1. The summed E-state index contributed by atoms with van der Waals surface area (Å²) in [5, 5.41) is 4.02. The first-order valence-electron chi connectivity index (χ1n) is 6.88. The van der Waals surface area contributed by atoms with E-state index in [1.165, 1.54) is 38.5 Å². The Morgan fingerprint density at radius 2 is 2.00 bits per heavy atom. The van der Waals surface area contributed by atoms with Crippen LogP contribution in [0.5, 0.6) is 0 Å². The Hall–Kier alpha value is -0.220. The van der Waals surface area contributed by atoms with Crippen LogP contribution in [0, 0.1) is 0 Å². The maximum absolute atomic E-state index is 12.0. The summed E-state index contributed by atoms with van der Waals surface area (Å²) >= 11 is 1.86. The molecule has 1 N–H and O–H groups in total. The van der Waals surface area contributed by atoms with Gasteiger partial charge in [-0.25, -0.2) is 0 Å². The largest absolute Gasteiger partial charge is 0.342 e. The second-order valence-corrected chi connectivity index (χ2v) is 6.34. The van der Waals surface area contributed by atoms with E-state index in [0.29, 0.717) is 23.0 Å². The first-order valence-corrected chi connectivity index (χ1v) is 7.93. The summed E-state index contributed by atoms with van der Waals surface area (Å²) in [6.07, 6.45) is 7.52. The molecule has 1 aliphatic carbocycles. The number of thioether (sulfide) groups is 1. The van der Waals surface area contributed by atoms with E-state index in [-0.39, 0.29) is 0 Å². The lowest BCUT2D eigenvalue weighted by molar-refractivity contribution is -0.129. The predicted molar refractivity (Wildman–Crippen MR) is 73.4 cm³/mol. The van der Waals surface area contributed by atoms with Gasteiger partial charge in [0.25, 0.3) is 0 Å². The molecule has 1 heterocycles. The molecule has 17 heavy (non-hydrogen) atoms. The van der Waals surface area contributed by atoms with Crippen LogP contribution < -0.4 is 5.32 Å². The van der Waals surface area contributed by atoms with E-state index in [1.54, 1.807) is 0 Å². The first-order chi connectivity index (χ1) is 8.31. The van der Waals surface area contributed by atoms with Gasteiger partial charge in [0.15, 0.2) is 0 Å². The third-order valence-electron chi connectivity index (χ3n) is 3.95. The van der Waals surface area contributed by atoms with Crippen molar-refractivity contribution in [2.24, 2.45) is 0 Å². The summed E-state index contributed by atoms with van der Waals surface area (Å²) in [6, 6.07) is 0.620. The van der Waals surface area contributed by atoms with Gasteiger partial charge in [-0.1, -0.05) is 6.42 Å². The number of amides is 1. The molecule has 1 saturated heterocycles. The Kier molecular flexibility index (Phi) is 5.16. The van der Waals surface area contributed by atoms with Crippen LogP contribution in [0.15, 0.2) is 0 Å². The minimum Gasteiger partial charge on any atom is -0.342 e. The van der Waals surface area contributed by atoms with Gasteiger partial charge in [0, 0.05) is 24.4 Å². The zero-order valence-corrected chi connectivity index (χ0v) is 11.6. The minimum absolute atomic E-state index is 0.358. The molecule has 1 saturated carbocycles. The zero-order chi connectivity index (χ0) is 12.1. The lowest BCUT2D eigenvalue weighted by Crippen LogP contribution is -2.38. The van der Waals surface area contributed by atoms with Crippen molar-refractivity contribution in [3.63, 3.8) is 0 Å². The molecule has 0 spiro atoms. The average molecular weight is 256 g/mol. The van der Waals surface area contributed by atoms with Gasteiger partial charge in [-0.2, -0.15) is 0 Å². The summed E-state index contributed by atoms with van der Waals surface area (Å²) in [7, 11) is 2.04. The molecular formula is C13H24N2OS. The SMILES string of the molecule is CNC1CCCC1SCC(=O)N1CCCCC1. The normalized spacial score (nSPS) is 29.6. The molecule has 0 aromatic heterocycles. The molecule has 0 radical (unpaired) electrons. The van der Waals surface area contributed by atoms with Crippen molar-refractivity contribution in [3.8, 4) is 0 Å². The molecule has 2 rings (SSSR count). The number of carbonyl (C=O) groups is 1. The number of likely N-dealkylation sites (tertiary alicyclic amines) is 1. The minimum atomic E-state index is 0.358. The van der Waals surface area contributed by atoms with E-state index in [9.17, 15) is 4.79 Å². The van der Waals surface area contributed by atoms with E-state index in [0.717, 1.165) is 13.1 Å². The third-order valence-corrected chi connectivity index (χ3v) is 5.36. The summed E-state index contributed by atoms with van der Waals surface area (Å²) < 4.78 is 0. The van der Waals surface area contributed by atoms with Crippen molar-refractivity contribution in [1.29, 1.82) is 0 Å². The van der Waals surface area contributed by atoms with Crippen LogP contribution in [-0.2, 0) is 4.79 Å². The highest BCUT2D eigenvalue weighted by atomic mass is 32.2. The fraction of sp³-hybridized carbons (Fsp3) is 0.923. The summed E-state index contributed by atoms with van der Waals surface area (Å²) in [5.74, 6) is 1.04. The molecule has 0 aromatic rings. The highest BCUT2D eigenvalue weighted by Crippen LogP contribution is 2.30. The van der Waals surface area contributed by atoms with Gasteiger partial charge in [0.1, 0.15) is 0 Å². The van der Waals surface area contributed by atoms with Gasteiger partial charge < -0.3 is 10.2 Å². The van der Waals surface area contributed by atoms with Crippen LogP contribution >= 0.6 is 11.8 Å². The van der Waals surface area contributed by atoms with Crippen LogP contribution in [0.25, 0.3) is 0 Å². The number of hydrogen-bond donors (Lipinski definition) is 1. The molecule has 2 aliphatic rings. The quantitative estimate of drug-likeness (QED) is 0.833. The topological polar surface area (TPSA) is 32.3 Å². The molecule has 1 aliphatic heterocycles. The summed E-state index contributed by atoms with van der Waals surface area (Å²) in [6.45, 7) is 1.97. The van der Waals surface area contributed by atoms with E-state index in [1.807, 2.05) is 18.8 Å². The number of hydrogen-bond acceptors (Lipinski definition) is 3. The Labute approximate surface area is 109 Å². The van der Waals surface area contributed by atoms with E-state index in [2.05, 4.69) is 10.2 Å². The van der Waals surface area contributed by atoms with Gasteiger partial charge in [0.05, 0.1) is 5.75 Å². The van der Waals surface area contributed by atoms with E-state index >= 15 is 0 Å². The van der Waals surface area contributed by atoms with Crippen molar-refractivity contribution < 1.29 is 4.79 Å². The highest BCUT2D eigenvalue weighted by Gasteiger charge is 2.27. The Morgan fingerprint density at radius 1 is 1.24 bits per heavy atom. The number of nitrogens with one attached hydrogen (secondary N) is 1. The van der Waals surface area contributed by atoms with Crippen molar-refractivity contribution in [2.45, 2.75) is 49.8 Å². The maximum Gasteiger partial charge on any atom is 0.232 e. The van der Waals surface area contributed by atoms with Crippen LogP contribution in [0.4, 0.5) is 0 Å². The molecule has 2 atom stereocenters. The molecule has 3 nitrogen and oxygen atoms in total. The van der Waals surface area contributed by atoms with Crippen LogP contribution in [-0.4, -0.2) is 48.0 Å². The van der Waals surface area contributed by atoms with E-state index in [4.69, 9.17) is 0 Å². The fourth-order valence-corrected chi connectivity index (χ4v) is 4.25. The maximum atomic E-state index is 12.0. The Morgan fingerprint density at radius 3 is 2.71 bits per heavy atom. The lowest BCUT2D eigenvalue weighted by Gasteiger charge is -2.27. The Balaban J connectivity index is 1.71. The van der Waals surface area contributed by atoms with Crippen molar-refractivity contribution >= 4 is 17.7 Å². The second-order valence-electron chi connectivity index (χ2n) is 5.12. The van der Waals surface area contributed by atoms with Crippen LogP contribution in [0.3, 0.4) is 0 Å². The van der Waals surface area contributed by atoms with Crippen LogP contribution in [0.1, 0.15) is 38.5 Å². The summed E-state index contributed by atoms with van der Waals surface area (Å²) in [4.78, 5) is 14.1. The van der Waals surface area contributed by atoms with Gasteiger partial charge in [-0.3, -0.25) is 4.79 Å². The summed E-state index contributed by atoms with van der Waals surface area (Å²) in [5.41, 5.74) is 0. The number of nitrogens with zero attached hydrogens (tertiary/aromatic N) is 1. The standard InChI is InChI=1S/C13H24N2OS/c1-14-11-6-5-7-12(11)17-10-13(16)15-8-3-2-4-9-15/h11-12,14H,2-10H2,1H3. The molecule has 4 heteroatoms. The molecule has 2 unspecified atom stereocenters. The molecule has 0 aromatic carbocycles. The van der Waals surface area contributed by atoms with Crippen LogP contribution in [0.2, 0.25) is 0 Å². The van der Waals surface area contributed by atoms with Crippen molar-refractivity contribution in [1.82, 2.24) is 10.2 Å². The third kappa shape index (κ3) is 3.62. The molecule has 1 amide bonds. The first kappa shape index (κ1) is 13.2. The Bertz CT molecular complexity index is 254. The highest BCUT2D eigenvalue weighted by molar-refractivity contribution is 8.00. The monoisotopic (exact) mass is 256 g/mol. The van der Waals surface area contributed by atoms with Gasteiger partial charge in [-0.15, -0.1) is 11.8 Å². The smallest absolute Gasteiger partial charge is 0.232 e. The molecule has 98 valence electrons. The van der Waals surface area contributed by atoms with E-state index < -0.39 is 0 Å². The van der Waals surface area contributed by atoms with Gasteiger partial charge in [0.2, 0.25) is 5.91 Å². The molecule has 0 bridgehead atoms. The number of piperidine rings is 1. The molecular weight excluding hydrogens is 232 g/mol. The van der Waals surface area contributed by atoms with Crippen molar-refractivity contribution in [3.05, 3.63) is 0 Å². The number of carbonyl (C=O) groups excluding carboxylic acids is 1. The van der Waals surface area contributed by atoms with Gasteiger partial charge >= 0.3 is 0 Å². The fourth-order valence-electron chi connectivity index (χ4n) is 2.87. The zero-order valence-electron chi connectivity index (χ0n) is 10.8. The second kappa shape index (κ2) is 6.64. The molecule has 2 fully saturated rings.